The molecule has 1 N–H and O–H groups in total. The molecule has 1 aliphatic carbocycles. The van der Waals surface area contributed by atoms with E-state index in [9.17, 15) is 0 Å². The summed E-state index contributed by atoms with van der Waals surface area (Å²) < 4.78 is 0. The van der Waals surface area contributed by atoms with Crippen LogP contribution in [0.2, 0.25) is 0 Å². The van der Waals surface area contributed by atoms with Crippen molar-refractivity contribution in [1.82, 2.24) is 5.32 Å². The predicted octanol–water partition coefficient (Wildman–Crippen LogP) is 3.17. The van der Waals surface area contributed by atoms with Gasteiger partial charge in [-0.25, -0.2) is 0 Å². The van der Waals surface area contributed by atoms with Gasteiger partial charge in [-0.3, -0.25) is 0 Å². The van der Waals surface area contributed by atoms with Crippen molar-refractivity contribution >= 4 is 11.6 Å². The van der Waals surface area contributed by atoms with Gasteiger partial charge in [-0.15, -0.1) is 11.6 Å². The lowest BCUT2D eigenvalue weighted by atomic mass is 9.77. The SMILES string of the molecule is CCCNC1(CCl)CCCC(C)C1. The summed E-state index contributed by atoms with van der Waals surface area (Å²) >= 11 is 6.08. The van der Waals surface area contributed by atoms with Crippen LogP contribution in [-0.4, -0.2) is 18.0 Å². The highest BCUT2D eigenvalue weighted by molar-refractivity contribution is 6.18. The van der Waals surface area contributed by atoms with Crippen molar-refractivity contribution in [3.8, 4) is 0 Å². The molecule has 2 heteroatoms. The van der Waals surface area contributed by atoms with Crippen molar-refractivity contribution in [2.24, 2.45) is 5.92 Å². The highest BCUT2D eigenvalue weighted by Gasteiger charge is 2.33. The van der Waals surface area contributed by atoms with Gasteiger partial charge in [-0.1, -0.05) is 26.7 Å². The molecule has 1 nitrogen and oxygen atoms in total. The summed E-state index contributed by atoms with van der Waals surface area (Å²) in [4.78, 5) is 0. The van der Waals surface area contributed by atoms with Crippen LogP contribution in [0, 0.1) is 5.92 Å². The average molecular weight is 204 g/mol. The van der Waals surface area contributed by atoms with E-state index in [4.69, 9.17) is 11.6 Å². The summed E-state index contributed by atoms with van der Waals surface area (Å²) in [5, 5.41) is 3.63. The molecular formula is C11H22ClN. The fraction of sp³-hybridized carbons (Fsp3) is 1.00. The van der Waals surface area contributed by atoms with Gasteiger partial charge < -0.3 is 5.32 Å². The van der Waals surface area contributed by atoms with Crippen LogP contribution in [0.1, 0.15) is 46.0 Å². The number of rotatable bonds is 4. The summed E-state index contributed by atoms with van der Waals surface area (Å²) in [6, 6.07) is 0. The maximum Gasteiger partial charge on any atom is 0.0406 e. The standard InChI is InChI=1S/C11H22ClN/c1-3-7-13-11(9-12)6-4-5-10(2)8-11/h10,13H,3-9H2,1-2H3. The van der Waals surface area contributed by atoms with Crippen molar-refractivity contribution in [2.75, 3.05) is 12.4 Å². The van der Waals surface area contributed by atoms with Gasteiger partial charge in [0, 0.05) is 11.4 Å². The number of hydrogen-bond donors (Lipinski definition) is 1. The molecule has 1 aliphatic rings. The monoisotopic (exact) mass is 203 g/mol. The lowest BCUT2D eigenvalue weighted by Gasteiger charge is -2.39. The van der Waals surface area contributed by atoms with Gasteiger partial charge in [0.05, 0.1) is 0 Å². The van der Waals surface area contributed by atoms with Crippen molar-refractivity contribution in [1.29, 1.82) is 0 Å². The first kappa shape index (κ1) is 11.3. The molecule has 0 amide bonds. The number of alkyl halides is 1. The van der Waals surface area contributed by atoms with Crippen LogP contribution in [0.4, 0.5) is 0 Å². The molecule has 0 heterocycles. The molecule has 0 aromatic heterocycles. The Morgan fingerprint density at radius 1 is 1.54 bits per heavy atom. The molecule has 0 saturated heterocycles. The minimum absolute atomic E-state index is 0.259. The summed E-state index contributed by atoms with van der Waals surface area (Å²) in [5.74, 6) is 1.62. The zero-order valence-corrected chi connectivity index (χ0v) is 9.66. The second-order valence-electron chi connectivity index (χ2n) is 4.54. The van der Waals surface area contributed by atoms with E-state index in [0.29, 0.717) is 0 Å². The molecule has 0 spiro atoms. The zero-order chi connectivity index (χ0) is 9.73. The maximum atomic E-state index is 6.08. The fourth-order valence-electron chi connectivity index (χ4n) is 2.38. The second-order valence-corrected chi connectivity index (χ2v) is 4.81. The first-order valence-electron chi connectivity index (χ1n) is 5.53. The van der Waals surface area contributed by atoms with Gasteiger partial charge in [-0.05, 0) is 31.7 Å². The van der Waals surface area contributed by atoms with Crippen molar-refractivity contribution in [2.45, 2.75) is 51.5 Å². The second kappa shape index (κ2) is 5.21. The van der Waals surface area contributed by atoms with Crippen molar-refractivity contribution < 1.29 is 0 Å². The molecule has 0 aromatic carbocycles. The Kier molecular flexibility index (Phi) is 4.54. The van der Waals surface area contributed by atoms with E-state index < -0.39 is 0 Å². The van der Waals surface area contributed by atoms with Gasteiger partial charge in [0.15, 0.2) is 0 Å². The van der Waals surface area contributed by atoms with Crippen LogP contribution in [-0.2, 0) is 0 Å². The highest BCUT2D eigenvalue weighted by atomic mass is 35.5. The minimum atomic E-state index is 0.259. The third kappa shape index (κ3) is 3.14. The Morgan fingerprint density at radius 3 is 2.85 bits per heavy atom. The molecule has 1 rings (SSSR count). The third-order valence-corrected chi connectivity index (χ3v) is 3.61. The largest absolute Gasteiger partial charge is 0.310 e. The van der Waals surface area contributed by atoms with E-state index >= 15 is 0 Å². The van der Waals surface area contributed by atoms with E-state index in [1.165, 1.54) is 32.1 Å². The van der Waals surface area contributed by atoms with Crippen molar-refractivity contribution in [3.63, 3.8) is 0 Å². The number of halogens is 1. The molecule has 13 heavy (non-hydrogen) atoms. The minimum Gasteiger partial charge on any atom is -0.310 e. The van der Waals surface area contributed by atoms with Crippen LogP contribution in [0.25, 0.3) is 0 Å². The van der Waals surface area contributed by atoms with Crippen molar-refractivity contribution in [3.05, 3.63) is 0 Å². The quantitative estimate of drug-likeness (QED) is 0.693. The molecule has 0 bridgehead atoms. The molecule has 78 valence electrons. The zero-order valence-electron chi connectivity index (χ0n) is 8.91. The summed E-state index contributed by atoms with van der Waals surface area (Å²) in [6.45, 7) is 5.66. The first-order valence-corrected chi connectivity index (χ1v) is 6.07. The summed E-state index contributed by atoms with van der Waals surface area (Å²) in [7, 11) is 0. The number of hydrogen-bond acceptors (Lipinski definition) is 1. The topological polar surface area (TPSA) is 12.0 Å². The fourth-order valence-corrected chi connectivity index (χ4v) is 2.72. The predicted molar refractivity (Wildman–Crippen MR) is 59.4 cm³/mol. The molecule has 0 radical (unpaired) electrons. The highest BCUT2D eigenvalue weighted by Crippen LogP contribution is 2.33. The van der Waals surface area contributed by atoms with Gasteiger partial charge in [-0.2, -0.15) is 0 Å². The van der Waals surface area contributed by atoms with E-state index in [1.54, 1.807) is 0 Å². The van der Waals surface area contributed by atoms with Crippen LogP contribution in [0.3, 0.4) is 0 Å². The Morgan fingerprint density at radius 2 is 2.31 bits per heavy atom. The Balaban J connectivity index is 2.46. The van der Waals surface area contributed by atoms with E-state index in [-0.39, 0.29) is 5.54 Å². The molecule has 0 aliphatic heterocycles. The number of nitrogens with one attached hydrogen (secondary N) is 1. The van der Waals surface area contributed by atoms with Gasteiger partial charge in [0.25, 0.3) is 0 Å². The average Bonchev–Trinajstić information content (AvgIpc) is 2.15. The maximum absolute atomic E-state index is 6.08. The van der Waals surface area contributed by atoms with Crippen LogP contribution < -0.4 is 5.32 Å². The van der Waals surface area contributed by atoms with Gasteiger partial charge in [0.1, 0.15) is 0 Å². The Hall–Kier alpha value is 0.250. The Labute approximate surface area is 87.2 Å². The molecule has 2 atom stereocenters. The van der Waals surface area contributed by atoms with Crippen LogP contribution in [0.5, 0.6) is 0 Å². The molecule has 1 fully saturated rings. The van der Waals surface area contributed by atoms with Crippen LogP contribution in [0.15, 0.2) is 0 Å². The molecule has 1 saturated carbocycles. The third-order valence-electron chi connectivity index (χ3n) is 3.10. The van der Waals surface area contributed by atoms with E-state index in [2.05, 4.69) is 19.2 Å². The normalized spacial score (nSPS) is 34.8. The molecular weight excluding hydrogens is 182 g/mol. The Bertz CT molecular complexity index is 149. The van der Waals surface area contributed by atoms with Gasteiger partial charge in [0.2, 0.25) is 0 Å². The van der Waals surface area contributed by atoms with E-state index in [0.717, 1.165) is 18.3 Å². The lowest BCUT2D eigenvalue weighted by molar-refractivity contribution is 0.210. The van der Waals surface area contributed by atoms with E-state index in [1.807, 2.05) is 0 Å². The first-order chi connectivity index (χ1) is 6.22. The lowest BCUT2D eigenvalue weighted by Crippen LogP contribution is -2.50. The van der Waals surface area contributed by atoms with Crippen LogP contribution >= 0.6 is 11.6 Å². The van der Waals surface area contributed by atoms with Gasteiger partial charge >= 0.3 is 0 Å². The molecule has 0 aromatic rings. The summed E-state index contributed by atoms with van der Waals surface area (Å²) in [6.07, 6.45) is 6.45. The molecule has 2 unspecified atom stereocenters. The summed E-state index contributed by atoms with van der Waals surface area (Å²) in [5.41, 5.74) is 0.259. The smallest absolute Gasteiger partial charge is 0.0406 e.